The normalized spacial score (nSPS) is 10.2. The quantitative estimate of drug-likeness (QED) is 0.656. The fraction of sp³-hybridized carbons (Fsp3) is 0.100. The summed E-state index contributed by atoms with van der Waals surface area (Å²) < 4.78 is 18.1. The molecule has 7 nitrogen and oxygen atoms in total. The molecule has 0 aliphatic rings. The van der Waals surface area contributed by atoms with E-state index in [1.807, 2.05) is 0 Å². The van der Waals surface area contributed by atoms with Gasteiger partial charge in [0.15, 0.2) is 0 Å². The van der Waals surface area contributed by atoms with Crippen molar-refractivity contribution >= 4 is 29.2 Å². The molecular weight excluding hydrogens is 363 g/mol. The molecule has 142 valence electrons. The Balaban J connectivity index is 1.85. The van der Waals surface area contributed by atoms with Crippen molar-refractivity contribution in [3.8, 4) is 0 Å². The SMILES string of the molecule is COC(=O)c1ccccc1NC(=O)c1cc(C)nc(Nc2cccc(F)c2)n1. The van der Waals surface area contributed by atoms with Crippen LogP contribution in [0.1, 0.15) is 26.5 Å². The molecule has 2 N–H and O–H groups in total. The molecule has 3 aromatic rings. The number of amides is 1. The van der Waals surface area contributed by atoms with Crippen LogP contribution in [0.2, 0.25) is 0 Å². The van der Waals surface area contributed by atoms with Crippen molar-refractivity contribution < 1.29 is 18.7 Å². The van der Waals surface area contributed by atoms with Crippen molar-refractivity contribution in [3.63, 3.8) is 0 Å². The first kappa shape index (κ1) is 19.0. The van der Waals surface area contributed by atoms with E-state index in [0.29, 0.717) is 17.1 Å². The summed E-state index contributed by atoms with van der Waals surface area (Å²) in [6, 6.07) is 13.8. The number of halogens is 1. The first-order valence-electron chi connectivity index (χ1n) is 8.33. The maximum absolute atomic E-state index is 13.3. The van der Waals surface area contributed by atoms with Gasteiger partial charge in [-0.05, 0) is 43.3 Å². The van der Waals surface area contributed by atoms with Gasteiger partial charge in [-0.2, -0.15) is 0 Å². The van der Waals surface area contributed by atoms with Crippen molar-refractivity contribution in [2.75, 3.05) is 17.7 Å². The number of ether oxygens (including phenoxy) is 1. The summed E-state index contributed by atoms with van der Waals surface area (Å²) in [6.07, 6.45) is 0. The van der Waals surface area contributed by atoms with Crippen molar-refractivity contribution in [2.45, 2.75) is 6.92 Å². The molecule has 0 radical (unpaired) electrons. The summed E-state index contributed by atoms with van der Waals surface area (Å²) in [4.78, 5) is 32.9. The average molecular weight is 380 g/mol. The number of aryl methyl sites for hydroxylation is 1. The number of hydrogen-bond acceptors (Lipinski definition) is 6. The zero-order valence-corrected chi connectivity index (χ0v) is 15.2. The summed E-state index contributed by atoms with van der Waals surface area (Å²) in [7, 11) is 1.26. The van der Waals surface area contributed by atoms with E-state index in [1.165, 1.54) is 25.3 Å². The number of methoxy groups -OCH3 is 1. The van der Waals surface area contributed by atoms with E-state index in [-0.39, 0.29) is 17.2 Å². The standard InChI is InChI=1S/C20H17FN4O3/c1-12-10-17(25-20(22-12)23-14-7-5-6-13(21)11-14)18(26)24-16-9-4-3-8-15(16)19(27)28-2/h3-11H,1-2H3,(H,24,26)(H,22,23,25). The Morgan fingerprint density at radius 3 is 2.57 bits per heavy atom. The second-order valence-electron chi connectivity index (χ2n) is 5.84. The van der Waals surface area contributed by atoms with Crippen LogP contribution in [-0.4, -0.2) is 29.0 Å². The fourth-order valence-electron chi connectivity index (χ4n) is 2.50. The fourth-order valence-corrected chi connectivity index (χ4v) is 2.50. The number of carbonyl (C=O) groups is 2. The first-order chi connectivity index (χ1) is 13.5. The van der Waals surface area contributed by atoms with E-state index in [9.17, 15) is 14.0 Å². The summed E-state index contributed by atoms with van der Waals surface area (Å²) >= 11 is 0. The Labute approximate surface area is 160 Å². The number of aromatic nitrogens is 2. The van der Waals surface area contributed by atoms with Crippen LogP contribution in [0.15, 0.2) is 54.6 Å². The Kier molecular flexibility index (Phi) is 5.59. The van der Waals surface area contributed by atoms with Crippen LogP contribution in [0.25, 0.3) is 0 Å². The van der Waals surface area contributed by atoms with E-state index >= 15 is 0 Å². The monoisotopic (exact) mass is 380 g/mol. The number of hydrogen-bond donors (Lipinski definition) is 2. The molecule has 0 saturated carbocycles. The number of esters is 1. The predicted octanol–water partition coefficient (Wildman–Crippen LogP) is 3.71. The van der Waals surface area contributed by atoms with Gasteiger partial charge in [0.25, 0.3) is 5.91 Å². The van der Waals surface area contributed by atoms with Crippen LogP contribution >= 0.6 is 0 Å². The molecule has 28 heavy (non-hydrogen) atoms. The Morgan fingerprint density at radius 1 is 1.04 bits per heavy atom. The third-order valence-corrected chi connectivity index (χ3v) is 3.75. The predicted molar refractivity (Wildman–Crippen MR) is 102 cm³/mol. The van der Waals surface area contributed by atoms with Crippen molar-refractivity contribution in [2.24, 2.45) is 0 Å². The zero-order valence-electron chi connectivity index (χ0n) is 15.2. The number of rotatable bonds is 5. The molecular formula is C20H17FN4O3. The third-order valence-electron chi connectivity index (χ3n) is 3.75. The third kappa shape index (κ3) is 4.47. The van der Waals surface area contributed by atoms with Gasteiger partial charge in [-0.1, -0.05) is 18.2 Å². The lowest BCUT2D eigenvalue weighted by molar-refractivity contribution is 0.0602. The summed E-state index contributed by atoms with van der Waals surface area (Å²) in [5.74, 6) is -1.35. The van der Waals surface area contributed by atoms with Crippen LogP contribution in [0.4, 0.5) is 21.7 Å². The number of benzene rings is 2. The minimum absolute atomic E-state index is 0.0890. The van der Waals surface area contributed by atoms with Gasteiger partial charge in [0.1, 0.15) is 11.5 Å². The van der Waals surface area contributed by atoms with Gasteiger partial charge in [-0.25, -0.2) is 19.2 Å². The lowest BCUT2D eigenvalue weighted by Gasteiger charge is -2.11. The molecule has 1 aromatic heterocycles. The van der Waals surface area contributed by atoms with Crippen molar-refractivity contribution in [1.29, 1.82) is 0 Å². The minimum atomic E-state index is -0.566. The Bertz CT molecular complexity index is 1040. The van der Waals surface area contributed by atoms with Gasteiger partial charge in [0.2, 0.25) is 5.95 Å². The Morgan fingerprint density at radius 2 is 1.82 bits per heavy atom. The van der Waals surface area contributed by atoms with Crippen molar-refractivity contribution in [1.82, 2.24) is 9.97 Å². The van der Waals surface area contributed by atoms with Crippen LogP contribution in [0.3, 0.4) is 0 Å². The van der Waals surface area contributed by atoms with E-state index in [0.717, 1.165) is 0 Å². The van der Waals surface area contributed by atoms with Gasteiger partial charge >= 0.3 is 5.97 Å². The van der Waals surface area contributed by atoms with Gasteiger partial charge in [-0.3, -0.25) is 4.79 Å². The van der Waals surface area contributed by atoms with Crippen LogP contribution < -0.4 is 10.6 Å². The molecule has 2 aromatic carbocycles. The second kappa shape index (κ2) is 8.26. The van der Waals surface area contributed by atoms with Crippen molar-refractivity contribution in [3.05, 3.63) is 77.4 Å². The second-order valence-corrected chi connectivity index (χ2v) is 5.84. The average Bonchev–Trinajstić information content (AvgIpc) is 2.67. The molecule has 0 saturated heterocycles. The highest BCUT2D eigenvalue weighted by atomic mass is 19.1. The number of nitrogens with zero attached hydrogens (tertiary/aromatic N) is 2. The van der Waals surface area contributed by atoms with E-state index in [1.54, 1.807) is 43.3 Å². The highest BCUT2D eigenvalue weighted by Gasteiger charge is 2.16. The topological polar surface area (TPSA) is 93.2 Å². The van der Waals surface area contributed by atoms with E-state index < -0.39 is 17.7 Å². The molecule has 0 bridgehead atoms. The molecule has 3 rings (SSSR count). The molecule has 0 spiro atoms. The molecule has 0 aliphatic carbocycles. The molecule has 0 atom stereocenters. The minimum Gasteiger partial charge on any atom is -0.465 e. The number of nitrogens with one attached hydrogen (secondary N) is 2. The first-order valence-corrected chi connectivity index (χ1v) is 8.33. The number of para-hydroxylation sites is 1. The van der Waals surface area contributed by atoms with Crippen LogP contribution in [-0.2, 0) is 4.74 Å². The highest BCUT2D eigenvalue weighted by molar-refractivity contribution is 6.07. The smallest absolute Gasteiger partial charge is 0.339 e. The summed E-state index contributed by atoms with van der Waals surface area (Å²) in [6.45, 7) is 1.71. The Hall–Kier alpha value is -3.81. The van der Waals surface area contributed by atoms with Crippen LogP contribution in [0, 0.1) is 12.7 Å². The largest absolute Gasteiger partial charge is 0.465 e. The molecule has 0 fully saturated rings. The molecule has 8 heteroatoms. The summed E-state index contributed by atoms with van der Waals surface area (Å²) in [5, 5.41) is 5.52. The maximum atomic E-state index is 13.3. The maximum Gasteiger partial charge on any atom is 0.339 e. The van der Waals surface area contributed by atoms with Gasteiger partial charge in [0.05, 0.1) is 18.4 Å². The summed E-state index contributed by atoms with van der Waals surface area (Å²) in [5.41, 5.74) is 1.61. The van der Waals surface area contributed by atoms with Crippen LogP contribution in [0.5, 0.6) is 0 Å². The van der Waals surface area contributed by atoms with Gasteiger partial charge in [-0.15, -0.1) is 0 Å². The highest BCUT2D eigenvalue weighted by Crippen LogP contribution is 2.18. The van der Waals surface area contributed by atoms with E-state index in [4.69, 9.17) is 4.74 Å². The molecule has 0 aliphatic heterocycles. The van der Waals surface area contributed by atoms with Gasteiger partial charge < -0.3 is 15.4 Å². The number of anilines is 3. The zero-order chi connectivity index (χ0) is 20.1. The van der Waals surface area contributed by atoms with Gasteiger partial charge in [0, 0.05) is 11.4 Å². The molecule has 1 heterocycles. The molecule has 0 unspecified atom stereocenters. The molecule has 1 amide bonds. The lowest BCUT2D eigenvalue weighted by atomic mass is 10.1. The lowest BCUT2D eigenvalue weighted by Crippen LogP contribution is -2.17. The van der Waals surface area contributed by atoms with E-state index in [2.05, 4.69) is 20.6 Å². The number of carbonyl (C=O) groups excluding carboxylic acids is 2.